The third kappa shape index (κ3) is 3.43. The molecule has 5 nitrogen and oxygen atoms in total. The first-order valence-electron chi connectivity index (χ1n) is 14.8. The Labute approximate surface area is 207 Å². The number of aliphatic hydroxyl groups excluding tert-OH is 2. The number of fused-ring (bicyclic) bond motifs is 5. The molecular weight excluding hydrogens is 424 g/mol. The van der Waals surface area contributed by atoms with Crippen molar-refractivity contribution in [3.63, 3.8) is 0 Å². The van der Waals surface area contributed by atoms with Crippen molar-refractivity contribution in [2.24, 2.45) is 28.6 Å². The van der Waals surface area contributed by atoms with Crippen LogP contribution in [0.1, 0.15) is 97.3 Å². The summed E-state index contributed by atoms with van der Waals surface area (Å²) in [7, 11) is 0. The molecule has 194 valence electrons. The second kappa shape index (κ2) is 8.68. The lowest BCUT2D eigenvalue weighted by Crippen LogP contribution is -2.72. The molecule has 6 rings (SSSR count). The fraction of sp³-hybridized carbons (Fsp3) is 1.00. The van der Waals surface area contributed by atoms with Gasteiger partial charge >= 0.3 is 0 Å². The Hall–Kier alpha value is -0.200. The van der Waals surface area contributed by atoms with E-state index >= 15 is 0 Å². The summed E-state index contributed by atoms with van der Waals surface area (Å²) in [6.45, 7) is 9.30. The highest BCUT2D eigenvalue weighted by Gasteiger charge is 2.69. The Morgan fingerprint density at radius 2 is 1.38 bits per heavy atom. The summed E-state index contributed by atoms with van der Waals surface area (Å²) in [6, 6.07) is 0.479. The summed E-state index contributed by atoms with van der Waals surface area (Å²) in [4.78, 5) is 5.25. The monoisotopic (exact) mass is 474 g/mol. The summed E-state index contributed by atoms with van der Waals surface area (Å²) >= 11 is 0. The molecule has 4 aliphatic carbocycles. The molecule has 4 saturated carbocycles. The topological polar surface area (TPSA) is 67.2 Å². The van der Waals surface area contributed by atoms with Gasteiger partial charge in [0, 0.05) is 23.9 Å². The molecule has 0 radical (unpaired) electrons. The van der Waals surface area contributed by atoms with Crippen molar-refractivity contribution in [3.05, 3.63) is 0 Å². The first-order valence-corrected chi connectivity index (χ1v) is 14.8. The van der Waals surface area contributed by atoms with Crippen LogP contribution in [0.25, 0.3) is 0 Å². The zero-order chi connectivity index (χ0) is 23.7. The fourth-order valence-corrected chi connectivity index (χ4v) is 10.5. The second-order valence-electron chi connectivity index (χ2n) is 13.9. The minimum atomic E-state index is -0.791. The number of likely N-dealkylation sites (tertiary alicyclic amines) is 2. The van der Waals surface area contributed by atoms with Crippen LogP contribution in [0, 0.1) is 28.6 Å². The molecule has 6 fully saturated rings. The summed E-state index contributed by atoms with van der Waals surface area (Å²) in [5, 5.41) is 35.0. The van der Waals surface area contributed by atoms with Gasteiger partial charge in [0.2, 0.25) is 0 Å². The van der Waals surface area contributed by atoms with Gasteiger partial charge in [-0.05, 0) is 114 Å². The van der Waals surface area contributed by atoms with Crippen LogP contribution in [0.3, 0.4) is 0 Å². The van der Waals surface area contributed by atoms with Crippen LogP contribution >= 0.6 is 0 Å². The van der Waals surface area contributed by atoms with Gasteiger partial charge in [0.1, 0.15) is 0 Å². The second-order valence-corrected chi connectivity index (χ2v) is 13.9. The molecule has 5 heteroatoms. The van der Waals surface area contributed by atoms with E-state index in [1.54, 1.807) is 0 Å². The van der Waals surface area contributed by atoms with Crippen LogP contribution in [0.2, 0.25) is 0 Å². The van der Waals surface area contributed by atoms with E-state index in [2.05, 4.69) is 23.6 Å². The molecule has 0 amide bonds. The molecule has 0 bridgehead atoms. The highest BCUT2D eigenvalue weighted by atomic mass is 16.3. The lowest BCUT2D eigenvalue weighted by molar-refractivity contribution is -0.253. The summed E-state index contributed by atoms with van der Waals surface area (Å²) in [5.41, 5.74) is -0.914. The number of nitrogens with zero attached hydrogens (tertiary/aromatic N) is 2. The Balaban J connectivity index is 1.35. The highest BCUT2D eigenvalue weighted by Crippen LogP contribution is 2.68. The van der Waals surface area contributed by atoms with E-state index in [-0.39, 0.29) is 29.1 Å². The number of hydrogen-bond donors (Lipinski definition) is 3. The van der Waals surface area contributed by atoms with Gasteiger partial charge in [-0.25, -0.2) is 0 Å². The van der Waals surface area contributed by atoms with Crippen molar-refractivity contribution in [3.8, 4) is 0 Å². The molecule has 0 aromatic heterocycles. The van der Waals surface area contributed by atoms with Gasteiger partial charge in [-0.3, -0.25) is 9.80 Å². The Kier molecular flexibility index (Phi) is 6.17. The van der Waals surface area contributed by atoms with Gasteiger partial charge < -0.3 is 15.3 Å². The van der Waals surface area contributed by atoms with Crippen molar-refractivity contribution >= 4 is 0 Å². The summed E-state index contributed by atoms with van der Waals surface area (Å²) in [5.74, 6) is 1.64. The Morgan fingerprint density at radius 3 is 2.06 bits per heavy atom. The van der Waals surface area contributed by atoms with E-state index < -0.39 is 5.60 Å². The molecular formula is C29H50N2O3. The Morgan fingerprint density at radius 1 is 0.735 bits per heavy atom. The fourth-order valence-electron chi connectivity index (χ4n) is 10.5. The molecule has 10 atom stereocenters. The van der Waals surface area contributed by atoms with Gasteiger partial charge in [0.05, 0.1) is 17.8 Å². The molecule has 34 heavy (non-hydrogen) atoms. The molecule has 0 spiro atoms. The van der Waals surface area contributed by atoms with Gasteiger partial charge in [0.25, 0.3) is 0 Å². The third-order valence-corrected chi connectivity index (χ3v) is 12.5. The van der Waals surface area contributed by atoms with Crippen LogP contribution < -0.4 is 0 Å². The standard InChI is InChI=1S/C29H50N2O3/c1-27-11-10-22-21(23(27)18-24(26(27)33)30-13-5-3-6-14-30)17-25(31-15-7-4-8-16-31)29(34)19-20(32)9-12-28(22,29)2/h20-26,32-34H,3-19H2,1-2H3/t20?,21-,22-,23+,24?,25?,26?,27+,28-,29?/m1/s1. The van der Waals surface area contributed by atoms with Gasteiger partial charge in [-0.2, -0.15) is 0 Å². The summed E-state index contributed by atoms with van der Waals surface area (Å²) < 4.78 is 0. The van der Waals surface area contributed by atoms with E-state index in [4.69, 9.17) is 0 Å². The molecule has 5 unspecified atom stereocenters. The number of piperidine rings is 2. The van der Waals surface area contributed by atoms with Crippen molar-refractivity contribution in [2.75, 3.05) is 26.2 Å². The first-order chi connectivity index (χ1) is 16.3. The molecule has 2 saturated heterocycles. The molecule has 3 N–H and O–H groups in total. The van der Waals surface area contributed by atoms with Crippen LogP contribution in [-0.2, 0) is 0 Å². The van der Waals surface area contributed by atoms with E-state index in [0.29, 0.717) is 30.2 Å². The van der Waals surface area contributed by atoms with Crippen LogP contribution in [0.15, 0.2) is 0 Å². The number of rotatable bonds is 2. The van der Waals surface area contributed by atoms with Gasteiger partial charge in [-0.15, -0.1) is 0 Å². The van der Waals surface area contributed by atoms with Crippen LogP contribution in [0.5, 0.6) is 0 Å². The van der Waals surface area contributed by atoms with E-state index in [1.807, 2.05) is 0 Å². The minimum Gasteiger partial charge on any atom is -0.393 e. The van der Waals surface area contributed by atoms with Crippen LogP contribution in [0.4, 0.5) is 0 Å². The van der Waals surface area contributed by atoms with Gasteiger partial charge in [0.15, 0.2) is 0 Å². The van der Waals surface area contributed by atoms with Crippen molar-refractivity contribution in [1.29, 1.82) is 0 Å². The largest absolute Gasteiger partial charge is 0.393 e. The molecule has 6 aliphatic rings. The van der Waals surface area contributed by atoms with Gasteiger partial charge in [-0.1, -0.05) is 26.7 Å². The maximum Gasteiger partial charge on any atom is 0.0882 e. The minimum absolute atomic E-state index is 0.00965. The lowest BCUT2D eigenvalue weighted by atomic mass is 9.42. The highest BCUT2D eigenvalue weighted by molar-refractivity contribution is 5.20. The zero-order valence-corrected chi connectivity index (χ0v) is 21.8. The van der Waals surface area contributed by atoms with Crippen molar-refractivity contribution in [1.82, 2.24) is 9.80 Å². The molecule has 2 heterocycles. The Bertz CT molecular complexity index is 752. The molecule has 0 aromatic carbocycles. The van der Waals surface area contributed by atoms with E-state index in [0.717, 1.165) is 64.7 Å². The van der Waals surface area contributed by atoms with Crippen molar-refractivity contribution < 1.29 is 15.3 Å². The van der Waals surface area contributed by atoms with E-state index in [1.165, 1.54) is 38.5 Å². The molecule has 2 aliphatic heterocycles. The number of aliphatic hydroxyl groups is 3. The van der Waals surface area contributed by atoms with Crippen LogP contribution in [-0.4, -0.2) is 81.2 Å². The zero-order valence-electron chi connectivity index (χ0n) is 21.8. The smallest absolute Gasteiger partial charge is 0.0882 e. The summed E-state index contributed by atoms with van der Waals surface area (Å²) in [6.07, 6.45) is 13.8. The quantitative estimate of drug-likeness (QED) is 0.568. The maximum absolute atomic E-state index is 12.5. The average Bonchev–Trinajstić information content (AvgIpc) is 3.12. The van der Waals surface area contributed by atoms with Crippen molar-refractivity contribution in [2.45, 2.75) is 127 Å². The lowest BCUT2D eigenvalue weighted by Gasteiger charge is -2.67. The molecule has 0 aromatic rings. The SMILES string of the molecule is C[C@]12CC[C@@H]3[C@@H](CC(N4CCCCC4)C4(O)CC(O)CC[C@]34C)[C@@H]1CC(N1CCCCC1)C2O. The third-order valence-electron chi connectivity index (χ3n) is 12.5. The maximum atomic E-state index is 12.5. The van der Waals surface area contributed by atoms with E-state index in [9.17, 15) is 15.3 Å². The predicted molar refractivity (Wildman–Crippen MR) is 134 cm³/mol. The normalized spacial score (nSPS) is 54.8. The average molecular weight is 475 g/mol. The number of hydrogen-bond acceptors (Lipinski definition) is 5. The first kappa shape index (κ1) is 24.2. The predicted octanol–water partition coefficient (Wildman–Crippen LogP) is 3.79.